The van der Waals surface area contributed by atoms with Gasteiger partial charge in [-0.1, -0.05) is 0 Å². The molecule has 0 aliphatic heterocycles. The molecular weight excluding hydrogens is 236 g/mol. The van der Waals surface area contributed by atoms with Gasteiger partial charge in [-0.2, -0.15) is 0 Å². The minimum atomic E-state index is -0.406. The Bertz CT molecular complexity index is 428. The standard InChI is InChI=1S/C11H18N4O3/c1-14(2)10(16)6-15(3)5-9-4-8(7-18-9)11(17)13-12/h4,7H,5-6,12H2,1-3H3,(H,13,17). The average molecular weight is 254 g/mol. The molecule has 0 aliphatic carbocycles. The first-order valence-corrected chi connectivity index (χ1v) is 5.41. The molecule has 0 unspecified atom stereocenters. The summed E-state index contributed by atoms with van der Waals surface area (Å²) >= 11 is 0. The molecule has 0 saturated carbocycles. The van der Waals surface area contributed by atoms with Crippen molar-refractivity contribution < 1.29 is 14.0 Å². The molecule has 0 aromatic carbocycles. The van der Waals surface area contributed by atoms with Gasteiger partial charge in [0.25, 0.3) is 5.91 Å². The van der Waals surface area contributed by atoms with Gasteiger partial charge in [-0.25, -0.2) is 5.84 Å². The smallest absolute Gasteiger partial charge is 0.268 e. The summed E-state index contributed by atoms with van der Waals surface area (Å²) in [4.78, 5) is 26.0. The van der Waals surface area contributed by atoms with Crippen molar-refractivity contribution in [1.29, 1.82) is 0 Å². The highest BCUT2D eigenvalue weighted by Gasteiger charge is 2.13. The van der Waals surface area contributed by atoms with Gasteiger partial charge in [0.15, 0.2) is 0 Å². The van der Waals surface area contributed by atoms with Gasteiger partial charge in [0.05, 0.1) is 18.7 Å². The predicted octanol–water partition coefficient (Wildman–Crippen LogP) is -0.597. The number of hydrazine groups is 1. The van der Waals surface area contributed by atoms with E-state index in [4.69, 9.17) is 10.3 Å². The van der Waals surface area contributed by atoms with Crippen LogP contribution in [0.25, 0.3) is 0 Å². The number of nitrogen functional groups attached to an aromatic ring is 1. The van der Waals surface area contributed by atoms with E-state index in [1.165, 1.54) is 11.2 Å². The second kappa shape index (κ2) is 6.18. The Morgan fingerprint density at radius 3 is 2.61 bits per heavy atom. The fourth-order valence-electron chi connectivity index (χ4n) is 1.36. The van der Waals surface area contributed by atoms with Crippen molar-refractivity contribution in [2.45, 2.75) is 6.54 Å². The molecule has 1 heterocycles. The van der Waals surface area contributed by atoms with Crippen LogP contribution in [0.5, 0.6) is 0 Å². The van der Waals surface area contributed by atoms with E-state index < -0.39 is 5.91 Å². The Morgan fingerprint density at radius 2 is 2.06 bits per heavy atom. The van der Waals surface area contributed by atoms with Crippen molar-refractivity contribution in [1.82, 2.24) is 15.2 Å². The van der Waals surface area contributed by atoms with Gasteiger partial charge < -0.3 is 9.32 Å². The third-order valence-electron chi connectivity index (χ3n) is 2.38. The average Bonchev–Trinajstić information content (AvgIpc) is 2.76. The maximum absolute atomic E-state index is 11.5. The Balaban J connectivity index is 2.54. The molecule has 2 amide bonds. The van der Waals surface area contributed by atoms with Gasteiger partial charge in [0, 0.05) is 14.1 Å². The van der Waals surface area contributed by atoms with E-state index in [0.717, 1.165) is 0 Å². The van der Waals surface area contributed by atoms with E-state index >= 15 is 0 Å². The molecule has 1 rings (SSSR count). The monoisotopic (exact) mass is 254 g/mol. The maximum Gasteiger partial charge on any atom is 0.268 e. The first-order valence-electron chi connectivity index (χ1n) is 5.41. The predicted molar refractivity (Wildman–Crippen MR) is 65.4 cm³/mol. The number of hydrogen-bond acceptors (Lipinski definition) is 5. The lowest BCUT2D eigenvalue weighted by molar-refractivity contribution is -0.129. The van der Waals surface area contributed by atoms with Gasteiger partial charge in [-0.05, 0) is 13.1 Å². The number of nitrogens with zero attached hydrogens (tertiary/aromatic N) is 2. The number of carbonyl (C=O) groups is 2. The number of nitrogens with two attached hydrogens (primary N) is 1. The van der Waals surface area contributed by atoms with Crippen LogP contribution in [0.3, 0.4) is 0 Å². The zero-order valence-electron chi connectivity index (χ0n) is 10.8. The number of carbonyl (C=O) groups excluding carboxylic acids is 2. The summed E-state index contributed by atoms with van der Waals surface area (Å²) in [6.45, 7) is 0.726. The van der Waals surface area contributed by atoms with Gasteiger partial charge in [-0.15, -0.1) is 0 Å². The molecule has 0 radical (unpaired) electrons. The fourth-order valence-corrected chi connectivity index (χ4v) is 1.36. The van der Waals surface area contributed by atoms with Crippen LogP contribution in [0.4, 0.5) is 0 Å². The minimum Gasteiger partial charge on any atom is -0.467 e. The molecule has 7 heteroatoms. The van der Waals surface area contributed by atoms with Crippen molar-refractivity contribution in [3.8, 4) is 0 Å². The summed E-state index contributed by atoms with van der Waals surface area (Å²) in [6.07, 6.45) is 1.33. The molecule has 0 saturated heterocycles. The van der Waals surface area contributed by atoms with Gasteiger partial charge in [0.2, 0.25) is 5.91 Å². The fraction of sp³-hybridized carbons (Fsp3) is 0.455. The van der Waals surface area contributed by atoms with E-state index in [0.29, 0.717) is 17.9 Å². The summed E-state index contributed by atoms with van der Waals surface area (Å²) in [5, 5.41) is 0. The Morgan fingerprint density at radius 1 is 1.39 bits per heavy atom. The highest BCUT2D eigenvalue weighted by atomic mass is 16.3. The molecule has 18 heavy (non-hydrogen) atoms. The van der Waals surface area contributed by atoms with E-state index in [9.17, 15) is 9.59 Å². The zero-order valence-corrected chi connectivity index (χ0v) is 10.8. The quantitative estimate of drug-likeness (QED) is 0.416. The summed E-state index contributed by atoms with van der Waals surface area (Å²) in [6, 6.07) is 1.60. The molecule has 0 bridgehead atoms. The van der Waals surface area contributed by atoms with E-state index in [-0.39, 0.29) is 12.5 Å². The third kappa shape index (κ3) is 3.86. The molecule has 1 aromatic heterocycles. The Hall–Kier alpha value is -1.86. The molecule has 0 fully saturated rings. The van der Waals surface area contributed by atoms with Gasteiger partial charge >= 0.3 is 0 Å². The first kappa shape index (κ1) is 14.2. The van der Waals surface area contributed by atoms with Crippen molar-refractivity contribution in [3.05, 3.63) is 23.7 Å². The second-order valence-electron chi connectivity index (χ2n) is 4.24. The summed E-state index contributed by atoms with van der Waals surface area (Å²) in [5.41, 5.74) is 2.38. The number of furan rings is 1. The zero-order chi connectivity index (χ0) is 13.7. The number of rotatable bonds is 5. The number of amides is 2. The second-order valence-corrected chi connectivity index (χ2v) is 4.24. The Kier molecular flexibility index (Phi) is 4.87. The summed E-state index contributed by atoms with van der Waals surface area (Å²) in [5.74, 6) is 5.21. The van der Waals surface area contributed by atoms with Crippen LogP contribution in [0.15, 0.2) is 16.7 Å². The third-order valence-corrected chi connectivity index (χ3v) is 2.38. The van der Waals surface area contributed by atoms with Gasteiger partial charge in [-0.3, -0.25) is 19.9 Å². The molecule has 0 aliphatic rings. The first-order chi connectivity index (χ1) is 8.43. The normalized spacial score (nSPS) is 10.5. The van der Waals surface area contributed by atoms with E-state index in [1.807, 2.05) is 5.43 Å². The van der Waals surface area contributed by atoms with Crippen molar-refractivity contribution in [3.63, 3.8) is 0 Å². The highest BCUT2D eigenvalue weighted by Crippen LogP contribution is 2.09. The van der Waals surface area contributed by atoms with Crippen LogP contribution in [0, 0.1) is 0 Å². The van der Waals surface area contributed by atoms with E-state index in [1.54, 1.807) is 32.1 Å². The number of nitrogens with one attached hydrogen (secondary N) is 1. The minimum absolute atomic E-state index is 0.00369. The largest absolute Gasteiger partial charge is 0.467 e. The van der Waals surface area contributed by atoms with Gasteiger partial charge in [0.1, 0.15) is 12.0 Å². The SMILES string of the molecule is CN(CC(=O)N(C)C)Cc1cc(C(=O)NN)co1. The van der Waals surface area contributed by atoms with E-state index in [2.05, 4.69) is 0 Å². The van der Waals surface area contributed by atoms with Crippen LogP contribution < -0.4 is 11.3 Å². The topological polar surface area (TPSA) is 91.8 Å². The van der Waals surface area contributed by atoms with Crippen LogP contribution >= 0.6 is 0 Å². The summed E-state index contributed by atoms with van der Waals surface area (Å²) in [7, 11) is 5.20. The van der Waals surface area contributed by atoms with Crippen LogP contribution in [0.1, 0.15) is 16.1 Å². The molecule has 7 nitrogen and oxygen atoms in total. The molecular formula is C11H18N4O3. The van der Waals surface area contributed by atoms with Crippen LogP contribution in [-0.4, -0.2) is 49.3 Å². The van der Waals surface area contributed by atoms with Crippen molar-refractivity contribution >= 4 is 11.8 Å². The lowest BCUT2D eigenvalue weighted by Crippen LogP contribution is -2.34. The lowest BCUT2D eigenvalue weighted by atomic mass is 10.3. The van der Waals surface area contributed by atoms with Crippen LogP contribution in [0.2, 0.25) is 0 Å². The molecule has 1 aromatic rings. The Labute approximate surface area is 105 Å². The molecule has 100 valence electrons. The summed E-state index contributed by atoms with van der Waals surface area (Å²) < 4.78 is 5.22. The lowest BCUT2D eigenvalue weighted by Gasteiger charge is -2.17. The molecule has 0 atom stereocenters. The maximum atomic E-state index is 11.5. The number of hydrogen-bond donors (Lipinski definition) is 2. The number of likely N-dealkylation sites (N-methyl/N-ethyl adjacent to an activating group) is 2. The molecule has 0 spiro atoms. The van der Waals surface area contributed by atoms with Crippen molar-refractivity contribution in [2.24, 2.45) is 5.84 Å². The van der Waals surface area contributed by atoms with Crippen molar-refractivity contribution in [2.75, 3.05) is 27.7 Å². The highest BCUT2D eigenvalue weighted by molar-refractivity contribution is 5.93. The molecule has 3 N–H and O–H groups in total. The van der Waals surface area contributed by atoms with Crippen LogP contribution in [-0.2, 0) is 11.3 Å².